The first-order valence-electron chi connectivity index (χ1n) is 11.7. The van der Waals surface area contributed by atoms with Crippen molar-refractivity contribution in [1.29, 1.82) is 0 Å². The number of piperazine rings is 1. The van der Waals surface area contributed by atoms with Gasteiger partial charge in [0.05, 0.1) is 13.7 Å². The van der Waals surface area contributed by atoms with Crippen molar-refractivity contribution in [3.8, 4) is 5.75 Å². The molecule has 33 heavy (non-hydrogen) atoms. The first-order valence-corrected chi connectivity index (χ1v) is 11.7. The summed E-state index contributed by atoms with van der Waals surface area (Å²) >= 11 is 0. The number of aliphatic imine (C=N–C) groups is 1. The summed E-state index contributed by atoms with van der Waals surface area (Å²) in [6.45, 7) is 14.0. The molecule has 2 N–H and O–H groups in total. The SMILES string of the molecule is CCNC(=NCc1ccnc(N2CCN(CC)CC2)c1)NCCc1ccc(C)c(OC)c1.I. The Hall–Kier alpha value is -2.07. The lowest BCUT2D eigenvalue weighted by molar-refractivity contribution is 0.270. The maximum atomic E-state index is 5.44. The standard InChI is InChI=1S/C25H38N6O.HI/c1-5-26-25(28-12-9-21-8-7-20(3)23(17-21)32-4)29-19-22-10-11-27-24(18-22)31-15-13-30(6-2)14-16-31;/h7-8,10-11,17-18H,5-6,9,12-16,19H2,1-4H3,(H2,26,28,29);1H. The van der Waals surface area contributed by atoms with Crippen LogP contribution in [-0.2, 0) is 13.0 Å². The zero-order valence-electron chi connectivity index (χ0n) is 20.4. The lowest BCUT2D eigenvalue weighted by Gasteiger charge is -2.34. The normalized spacial score (nSPS) is 14.5. The lowest BCUT2D eigenvalue weighted by Crippen LogP contribution is -2.46. The Morgan fingerprint density at radius 1 is 1.06 bits per heavy atom. The van der Waals surface area contributed by atoms with Crippen molar-refractivity contribution in [3.05, 3.63) is 53.2 Å². The van der Waals surface area contributed by atoms with Crippen LogP contribution in [0.2, 0.25) is 0 Å². The third-order valence-electron chi connectivity index (χ3n) is 5.90. The molecule has 182 valence electrons. The Balaban J connectivity index is 0.00000385. The highest BCUT2D eigenvalue weighted by atomic mass is 127. The molecule has 0 radical (unpaired) electrons. The Kier molecular flexibility index (Phi) is 11.7. The van der Waals surface area contributed by atoms with Gasteiger partial charge in [0, 0.05) is 45.5 Å². The second kappa shape index (κ2) is 14.2. The highest BCUT2D eigenvalue weighted by molar-refractivity contribution is 14.0. The molecule has 0 spiro atoms. The number of hydrogen-bond acceptors (Lipinski definition) is 5. The van der Waals surface area contributed by atoms with E-state index in [9.17, 15) is 0 Å². The van der Waals surface area contributed by atoms with Gasteiger partial charge < -0.3 is 25.2 Å². The summed E-state index contributed by atoms with van der Waals surface area (Å²) < 4.78 is 5.44. The second-order valence-electron chi connectivity index (χ2n) is 8.12. The number of guanidine groups is 1. The maximum Gasteiger partial charge on any atom is 0.191 e. The first kappa shape index (κ1) is 27.2. The van der Waals surface area contributed by atoms with Crippen LogP contribution in [0.3, 0.4) is 0 Å². The number of likely N-dealkylation sites (N-methyl/N-ethyl adjacent to an activating group) is 1. The van der Waals surface area contributed by atoms with Gasteiger partial charge in [0.25, 0.3) is 0 Å². The van der Waals surface area contributed by atoms with E-state index < -0.39 is 0 Å². The second-order valence-corrected chi connectivity index (χ2v) is 8.12. The molecule has 0 amide bonds. The van der Waals surface area contributed by atoms with E-state index in [0.29, 0.717) is 6.54 Å². The summed E-state index contributed by atoms with van der Waals surface area (Å²) in [7, 11) is 1.72. The first-order chi connectivity index (χ1) is 15.6. The molecular weight excluding hydrogens is 527 g/mol. The molecule has 0 aliphatic carbocycles. The number of ether oxygens (including phenoxy) is 1. The molecule has 0 atom stereocenters. The number of nitrogens with zero attached hydrogens (tertiary/aromatic N) is 4. The number of halogens is 1. The Morgan fingerprint density at radius 2 is 1.85 bits per heavy atom. The van der Waals surface area contributed by atoms with Crippen LogP contribution >= 0.6 is 24.0 Å². The minimum Gasteiger partial charge on any atom is -0.496 e. The monoisotopic (exact) mass is 566 g/mol. The predicted molar refractivity (Wildman–Crippen MR) is 148 cm³/mol. The van der Waals surface area contributed by atoms with Crippen molar-refractivity contribution in [3.63, 3.8) is 0 Å². The molecule has 0 unspecified atom stereocenters. The van der Waals surface area contributed by atoms with Gasteiger partial charge in [-0.1, -0.05) is 19.1 Å². The molecule has 8 heteroatoms. The van der Waals surface area contributed by atoms with E-state index >= 15 is 0 Å². The third-order valence-corrected chi connectivity index (χ3v) is 5.90. The molecule has 1 aromatic carbocycles. The Labute approximate surface area is 216 Å². The number of pyridine rings is 1. The maximum absolute atomic E-state index is 5.44. The number of hydrogen-bond donors (Lipinski definition) is 2. The van der Waals surface area contributed by atoms with Crippen LogP contribution in [0.25, 0.3) is 0 Å². The third kappa shape index (κ3) is 8.33. The molecule has 2 aromatic rings. The molecule has 1 aromatic heterocycles. The van der Waals surface area contributed by atoms with E-state index in [1.165, 1.54) is 11.1 Å². The van der Waals surface area contributed by atoms with Crippen LogP contribution in [0, 0.1) is 6.92 Å². The molecule has 1 fully saturated rings. The quantitative estimate of drug-likeness (QED) is 0.276. The van der Waals surface area contributed by atoms with E-state index in [1.54, 1.807) is 7.11 Å². The fraction of sp³-hybridized carbons (Fsp3) is 0.520. The fourth-order valence-electron chi connectivity index (χ4n) is 3.88. The van der Waals surface area contributed by atoms with Crippen molar-refractivity contribution in [2.45, 2.75) is 33.7 Å². The molecule has 2 heterocycles. The summed E-state index contributed by atoms with van der Waals surface area (Å²) in [6, 6.07) is 10.6. The summed E-state index contributed by atoms with van der Waals surface area (Å²) in [5.74, 6) is 2.83. The zero-order chi connectivity index (χ0) is 22.8. The van der Waals surface area contributed by atoms with Crippen LogP contribution in [0.1, 0.15) is 30.5 Å². The summed E-state index contributed by atoms with van der Waals surface area (Å²) in [5.41, 5.74) is 3.58. The summed E-state index contributed by atoms with van der Waals surface area (Å²) in [6.07, 6.45) is 2.81. The fourth-order valence-corrected chi connectivity index (χ4v) is 3.88. The minimum atomic E-state index is 0. The molecular formula is C25H39IN6O. The highest BCUT2D eigenvalue weighted by Gasteiger charge is 2.16. The number of aromatic nitrogens is 1. The largest absolute Gasteiger partial charge is 0.496 e. The van der Waals surface area contributed by atoms with Gasteiger partial charge in [0.2, 0.25) is 0 Å². The molecule has 1 aliphatic rings. The van der Waals surface area contributed by atoms with Crippen molar-refractivity contribution < 1.29 is 4.74 Å². The number of methoxy groups -OCH3 is 1. The predicted octanol–water partition coefficient (Wildman–Crippen LogP) is 3.46. The van der Waals surface area contributed by atoms with E-state index in [1.807, 2.05) is 6.20 Å². The topological polar surface area (TPSA) is 65.0 Å². The van der Waals surface area contributed by atoms with Gasteiger partial charge in [-0.05, 0) is 61.7 Å². The zero-order valence-corrected chi connectivity index (χ0v) is 22.8. The van der Waals surface area contributed by atoms with Crippen LogP contribution in [0.15, 0.2) is 41.5 Å². The average molecular weight is 567 g/mol. The number of aryl methyl sites for hydroxylation is 1. The summed E-state index contributed by atoms with van der Waals surface area (Å²) in [5, 5.41) is 6.79. The molecule has 0 saturated carbocycles. The van der Waals surface area contributed by atoms with Crippen molar-refractivity contribution in [1.82, 2.24) is 20.5 Å². The number of benzene rings is 1. The highest BCUT2D eigenvalue weighted by Crippen LogP contribution is 2.19. The molecule has 0 bridgehead atoms. The van der Waals surface area contributed by atoms with Gasteiger partial charge in [0.15, 0.2) is 5.96 Å². The molecule has 1 aliphatic heterocycles. The Bertz CT molecular complexity index is 883. The molecule has 3 rings (SSSR count). The van der Waals surface area contributed by atoms with Gasteiger partial charge in [-0.2, -0.15) is 0 Å². The van der Waals surface area contributed by atoms with Crippen molar-refractivity contribution in [2.24, 2.45) is 4.99 Å². The van der Waals surface area contributed by atoms with Crippen molar-refractivity contribution in [2.75, 3.05) is 57.8 Å². The smallest absolute Gasteiger partial charge is 0.191 e. The molecule has 7 nitrogen and oxygen atoms in total. The number of nitrogens with one attached hydrogen (secondary N) is 2. The van der Waals surface area contributed by atoms with E-state index in [-0.39, 0.29) is 24.0 Å². The van der Waals surface area contributed by atoms with E-state index in [2.05, 4.69) is 76.5 Å². The average Bonchev–Trinajstić information content (AvgIpc) is 2.83. The van der Waals surface area contributed by atoms with Gasteiger partial charge in [0.1, 0.15) is 11.6 Å². The van der Waals surface area contributed by atoms with Gasteiger partial charge in [-0.25, -0.2) is 9.98 Å². The van der Waals surface area contributed by atoms with Gasteiger partial charge >= 0.3 is 0 Å². The Morgan fingerprint density at radius 3 is 2.55 bits per heavy atom. The van der Waals surface area contributed by atoms with Crippen LogP contribution in [0.5, 0.6) is 5.75 Å². The van der Waals surface area contributed by atoms with Gasteiger partial charge in [-0.15, -0.1) is 24.0 Å². The number of anilines is 1. The van der Waals surface area contributed by atoms with E-state index in [4.69, 9.17) is 9.73 Å². The van der Waals surface area contributed by atoms with Gasteiger partial charge in [-0.3, -0.25) is 0 Å². The number of rotatable bonds is 9. The summed E-state index contributed by atoms with van der Waals surface area (Å²) in [4.78, 5) is 14.2. The van der Waals surface area contributed by atoms with Crippen LogP contribution in [0.4, 0.5) is 5.82 Å². The minimum absolute atomic E-state index is 0. The van der Waals surface area contributed by atoms with Crippen LogP contribution in [-0.4, -0.2) is 68.8 Å². The van der Waals surface area contributed by atoms with Crippen molar-refractivity contribution >= 4 is 35.8 Å². The van der Waals surface area contributed by atoms with Crippen LogP contribution < -0.4 is 20.3 Å². The lowest BCUT2D eigenvalue weighted by atomic mass is 10.1. The van der Waals surface area contributed by atoms with E-state index in [0.717, 1.165) is 75.3 Å². The molecule has 1 saturated heterocycles.